The highest BCUT2D eigenvalue weighted by Crippen LogP contribution is 2.22. The van der Waals surface area contributed by atoms with E-state index in [1.165, 1.54) is 64.2 Å². The van der Waals surface area contributed by atoms with Gasteiger partial charge in [0, 0.05) is 0 Å². The van der Waals surface area contributed by atoms with Crippen molar-refractivity contribution in [3.05, 3.63) is 48.0 Å². The van der Waals surface area contributed by atoms with Crippen molar-refractivity contribution in [2.24, 2.45) is 0 Å². The van der Waals surface area contributed by atoms with Crippen molar-refractivity contribution in [1.82, 2.24) is 4.90 Å². The third-order valence-corrected chi connectivity index (χ3v) is 7.29. The fourth-order valence-electron chi connectivity index (χ4n) is 4.31. The topological polar surface area (TPSA) is 66.8 Å². The first-order valence-corrected chi connectivity index (χ1v) is 14.0. The van der Waals surface area contributed by atoms with Crippen LogP contribution in [0.25, 0.3) is 0 Å². The summed E-state index contributed by atoms with van der Waals surface area (Å²) in [5.41, 5.74) is 1.03. The number of benzene rings is 1. The Bertz CT molecular complexity index is 739. The highest BCUT2D eigenvalue weighted by Gasteiger charge is 2.41. The molecule has 2 unspecified atom stereocenters. The number of cyclic esters (lactones) is 1. The van der Waals surface area contributed by atoms with Crippen LogP contribution >= 0.6 is 15.9 Å². The second-order valence-corrected chi connectivity index (χ2v) is 10.3. The van der Waals surface area contributed by atoms with Gasteiger partial charge in [-0.05, 0) is 24.8 Å². The van der Waals surface area contributed by atoms with Gasteiger partial charge in [0.15, 0.2) is 0 Å². The molecule has 3 atom stereocenters. The van der Waals surface area contributed by atoms with E-state index in [4.69, 9.17) is 4.74 Å². The predicted molar refractivity (Wildman–Crippen MR) is 141 cm³/mol. The van der Waals surface area contributed by atoms with Crippen LogP contribution in [0.5, 0.6) is 0 Å². The largest absolute Gasteiger partial charge is 0.447 e. The Morgan fingerprint density at radius 1 is 1.06 bits per heavy atom. The fraction of sp³-hybridized carbons (Fsp3) is 0.643. The molecule has 1 aliphatic heterocycles. The quantitative estimate of drug-likeness (QED) is 0.133. The first-order valence-electron chi connectivity index (χ1n) is 13.1. The summed E-state index contributed by atoms with van der Waals surface area (Å²) in [6.45, 7) is 2.42. The number of aliphatic hydroxyl groups is 1. The van der Waals surface area contributed by atoms with Gasteiger partial charge in [0.1, 0.15) is 11.4 Å². The highest BCUT2D eigenvalue weighted by molar-refractivity contribution is 9.10. The number of carbonyl (C=O) groups excluding carboxylic acids is 2. The number of amides is 2. The Morgan fingerprint density at radius 3 is 2.26 bits per heavy atom. The lowest BCUT2D eigenvalue weighted by Crippen LogP contribution is -2.46. The highest BCUT2D eigenvalue weighted by atomic mass is 79.9. The van der Waals surface area contributed by atoms with Crippen LogP contribution in [0.3, 0.4) is 0 Å². The molecular formula is C28H42BrNO4. The summed E-state index contributed by atoms with van der Waals surface area (Å²) < 4.78 is 5.13. The normalized spacial score (nSPS) is 17.8. The van der Waals surface area contributed by atoms with Crippen molar-refractivity contribution in [3.8, 4) is 0 Å². The van der Waals surface area contributed by atoms with E-state index >= 15 is 0 Å². The molecule has 1 saturated heterocycles. The van der Waals surface area contributed by atoms with Crippen LogP contribution in [-0.2, 0) is 16.0 Å². The molecule has 2 rings (SSSR count). The van der Waals surface area contributed by atoms with Crippen LogP contribution in [0.15, 0.2) is 42.5 Å². The Morgan fingerprint density at radius 2 is 1.65 bits per heavy atom. The van der Waals surface area contributed by atoms with Crippen LogP contribution in [-0.4, -0.2) is 45.6 Å². The maximum Gasteiger partial charge on any atom is 0.417 e. The first kappa shape index (κ1) is 28.6. The van der Waals surface area contributed by atoms with Crippen molar-refractivity contribution in [2.75, 3.05) is 6.61 Å². The number of hydrogen-bond donors (Lipinski definition) is 1. The van der Waals surface area contributed by atoms with Gasteiger partial charge in [0.25, 0.3) is 0 Å². The van der Waals surface area contributed by atoms with Gasteiger partial charge in [0.2, 0.25) is 5.91 Å². The minimum Gasteiger partial charge on any atom is -0.447 e. The SMILES string of the molecule is CCCCCCCCCCCCCC=CC(O)C(Br)C(=O)N1C(=O)OC[C@@H]1Cc1ccccc1. The number of aliphatic hydroxyl groups excluding tert-OH is 1. The van der Waals surface area contributed by atoms with Gasteiger partial charge in [-0.3, -0.25) is 4.79 Å². The number of unbranched alkanes of at least 4 members (excludes halogenated alkanes) is 11. The molecule has 1 fully saturated rings. The van der Waals surface area contributed by atoms with Crippen molar-refractivity contribution < 1.29 is 19.4 Å². The number of ether oxygens (including phenoxy) is 1. The summed E-state index contributed by atoms with van der Waals surface area (Å²) in [5.74, 6) is -0.463. The van der Waals surface area contributed by atoms with Gasteiger partial charge in [-0.15, -0.1) is 0 Å². The number of nitrogens with zero attached hydrogens (tertiary/aromatic N) is 1. The first-order chi connectivity index (χ1) is 16.5. The van der Waals surface area contributed by atoms with Crippen LogP contribution in [0.4, 0.5) is 4.79 Å². The lowest BCUT2D eigenvalue weighted by molar-refractivity contribution is -0.129. The van der Waals surface area contributed by atoms with E-state index in [9.17, 15) is 14.7 Å². The number of carbonyl (C=O) groups is 2. The molecule has 0 spiro atoms. The second kappa shape index (κ2) is 16.9. The second-order valence-electron chi connectivity index (χ2n) is 9.27. The smallest absolute Gasteiger partial charge is 0.417 e. The molecule has 190 valence electrons. The van der Waals surface area contributed by atoms with Gasteiger partial charge < -0.3 is 9.84 Å². The van der Waals surface area contributed by atoms with Crippen molar-refractivity contribution in [3.63, 3.8) is 0 Å². The van der Waals surface area contributed by atoms with E-state index < -0.39 is 22.9 Å². The average Bonchev–Trinajstić information content (AvgIpc) is 3.21. The Hall–Kier alpha value is -1.66. The lowest BCUT2D eigenvalue weighted by Gasteiger charge is -2.23. The summed E-state index contributed by atoms with van der Waals surface area (Å²) in [4.78, 5) is 25.4. The molecule has 5 nitrogen and oxygen atoms in total. The molecule has 0 aliphatic carbocycles. The Balaban J connectivity index is 1.63. The molecule has 34 heavy (non-hydrogen) atoms. The van der Waals surface area contributed by atoms with E-state index in [0.29, 0.717) is 6.42 Å². The molecule has 1 aromatic carbocycles. The Kier molecular flexibility index (Phi) is 14.2. The van der Waals surface area contributed by atoms with E-state index in [1.54, 1.807) is 6.08 Å². The summed E-state index contributed by atoms with van der Waals surface area (Å²) >= 11 is 3.30. The zero-order chi connectivity index (χ0) is 24.6. The number of hydrogen-bond acceptors (Lipinski definition) is 4. The average molecular weight is 537 g/mol. The number of allylic oxidation sites excluding steroid dienone is 1. The van der Waals surface area contributed by atoms with Crippen LogP contribution in [0, 0.1) is 0 Å². The standard InChI is InChI=1S/C28H42BrNO4/c1-2-3-4-5-6-7-8-9-10-11-12-13-17-20-25(31)26(29)27(32)30-24(22-34-28(30)33)21-23-18-15-14-16-19-23/h14-20,24-26,31H,2-13,21-22H2,1H3/t24-,25?,26?/m0/s1. The summed E-state index contributed by atoms with van der Waals surface area (Å²) in [5, 5.41) is 10.5. The van der Waals surface area contributed by atoms with Crippen LogP contribution in [0.1, 0.15) is 89.5 Å². The lowest BCUT2D eigenvalue weighted by atomic mass is 10.0. The number of halogens is 1. The van der Waals surface area contributed by atoms with E-state index in [1.807, 2.05) is 36.4 Å². The molecule has 1 N–H and O–H groups in total. The van der Waals surface area contributed by atoms with Gasteiger partial charge in [0.05, 0.1) is 12.1 Å². The molecule has 0 aromatic heterocycles. The van der Waals surface area contributed by atoms with Crippen LogP contribution < -0.4 is 0 Å². The van der Waals surface area contributed by atoms with Crippen molar-refractivity contribution in [1.29, 1.82) is 0 Å². The number of imide groups is 1. The zero-order valence-electron chi connectivity index (χ0n) is 20.7. The maximum absolute atomic E-state index is 12.9. The third kappa shape index (κ3) is 10.3. The molecule has 1 heterocycles. The monoisotopic (exact) mass is 535 g/mol. The minimum absolute atomic E-state index is 0.171. The molecule has 1 aliphatic rings. The molecular weight excluding hydrogens is 494 g/mol. The molecule has 0 radical (unpaired) electrons. The van der Waals surface area contributed by atoms with Gasteiger partial charge in [-0.25, -0.2) is 9.69 Å². The van der Waals surface area contributed by atoms with E-state index in [-0.39, 0.29) is 12.6 Å². The molecule has 2 amide bonds. The van der Waals surface area contributed by atoms with Crippen molar-refractivity contribution >= 4 is 27.9 Å². The number of alkyl halides is 1. The van der Waals surface area contributed by atoms with Gasteiger partial charge in [-0.2, -0.15) is 0 Å². The van der Waals surface area contributed by atoms with Crippen molar-refractivity contribution in [2.45, 2.75) is 107 Å². The minimum atomic E-state index is -0.994. The fourth-order valence-corrected chi connectivity index (χ4v) is 4.70. The predicted octanol–water partition coefficient (Wildman–Crippen LogP) is 6.96. The molecule has 0 saturated carbocycles. The molecule has 0 bridgehead atoms. The van der Waals surface area contributed by atoms with Crippen LogP contribution in [0.2, 0.25) is 0 Å². The zero-order valence-corrected chi connectivity index (χ0v) is 22.3. The maximum atomic E-state index is 12.9. The van der Waals surface area contributed by atoms with E-state index in [2.05, 4.69) is 22.9 Å². The van der Waals surface area contributed by atoms with Gasteiger partial charge in [-0.1, -0.05) is 130 Å². The molecule has 1 aromatic rings. The Labute approximate surface area is 214 Å². The third-order valence-electron chi connectivity index (χ3n) is 6.36. The summed E-state index contributed by atoms with van der Waals surface area (Å²) in [7, 11) is 0. The summed E-state index contributed by atoms with van der Waals surface area (Å²) in [6, 6.07) is 9.34. The van der Waals surface area contributed by atoms with E-state index in [0.717, 1.165) is 23.3 Å². The van der Waals surface area contributed by atoms with Gasteiger partial charge >= 0.3 is 6.09 Å². The molecule has 6 heteroatoms. The summed E-state index contributed by atoms with van der Waals surface area (Å²) in [6.07, 6.45) is 17.7. The number of rotatable bonds is 17.